The van der Waals surface area contributed by atoms with Gasteiger partial charge in [-0.25, -0.2) is 9.07 Å². The first-order valence-corrected chi connectivity index (χ1v) is 7.70. The number of carbonyl (C=O) groups excluding carboxylic acids is 1. The van der Waals surface area contributed by atoms with E-state index < -0.39 is 29.8 Å². The number of anilines is 1. The predicted molar refractivity (Wildman–Crippen MR) is 92.4 cm³/mol. The van der Waals surface area contributed by atoms with Crippen molar-refractivity contribution in [3.8, 4) is 0 Å². The van der Waals surface area contributed by atoms with E-state index in [0.717, 1.165) is 10.7 Å². The van der Waals surface area contributed by atoms with E-state index in [9.17, 15) is 18.8 Å². The van der Waals surface area contributed by atoms with Crippen molar-refractivity contribution in [1.29, 1.82) is 0 Å². The van der Waals surface area contributed by atoms with Crippen LogP contribution in [0.15, 0.2) is 53.3 Å². The van der Waals surface area contributed by atoms with E-state index in [0.29, 0.717) is 5.39 Å². The molecule has 26 heavy (non-hydrogen) atoms. The normalized spacial score (nSPS) is 10.7. The first-order valence-electron chi connectivity index (χ1n) is 7.70. The van der Waals surface area contributed by atoms with Crippen LogP contribution in [0.25, 0.3) is 10.8 Å². The Morgan fingerprint density at radius 1 is 1.12 bits per heavy atom. The Balaban J connectivity index is 1.94. The second kappa shape index (κ2) is 7.14. The lowest BCUT2D eigenvalue weighted by molar-refractivity contribution is -0.136. The fourth-order valence-electron chi connectivity index (χ4n) is 2.59. The van der Waals surface area contributed by atoms with Gasteiger partial charge < -0.3 is 10.4 Å². The summed E-state index contributed by atoms with van der Waals surface area (Å²) in [6, 6.07) is 11.8. The Bertz CT molecular complexity index is 1060. The van der Waals surface area contributed by atoms with Gasteiger partial charge in [0.25, 0.3) is 5.56 Å². The average molecular weight is 355 g/mol. The highest BCUT2D eigenvalue weighted by atomic mass is 19.1. The minimum absolute atomic E-state index is 0.186. The number of nitrogens with zero attached hydrogens (tertiary/aromatic N) is 2. The molecule has 7 nitrogen and oxygen atoms in total. The summed E-state index contributed by atoms with van der Waals surface area (Å²) in [6.45, 7) is -0.424. The van der Waals surface area contributed by atoms with Crippen LogP contribution in [0, 0.1) is 5.82 Å². The van der Waals surface area contributed by atoms with Gasteiger partial charge >= 0.3 is 5.97 Å². The summed E-state index contributed by atoms with van der Waals surface area (Å²) in [5.41, 5.74) is -0.0787. The standard InChI is InChI=1S/C18H14FN3O4/c19-11-4-3-5-12(8-11)20-16(23)10-22-18(26)14-7-2-1-6-13(14)15(21-22)9-17(24)25/h1-8H,9-10H2,(H,20,23)(H,24,25). The van der Waals surface area contributed by atoms with Crippen molar-refractivity contribution in [3.63, 3.8) is 0 Å². The Kier molecular flexibility index (Phi) is 4.74. The molecule has 8 heteroatoms. The van der Waals surface area contributed by atoms with Crippen LogP contribution < -0.4 is 10.9 Å². The van der Waals surface area contributed by atoms with E-state index in [1.807, 2.05) is 0 Å². The number of hydrogen-bond acceptors (Lipinski definition) is 4. The Morgan fingerprint density at radius 3 is 2.54 bits per heavy atom. The molecule has 0 atom stereocenters. The third kappa shape index (κ3) is 3.75. The van der Waals surface area contributed by atoms with E-state index in [1.165, 1.54) is 18.2 Å². The number of amides is 1. The molecule has 132 valence electrons. The third-order valence-corrected chi connectivity index (χ3v) is 3.66. The minimum atomic E-state index is -1.10. The van der Waals surface area contributed by atoms with E-state index >= 15 is 0 Å². The van der Waals surface area contributed by atoms with Crippen molar-refractivity contribution in [1.82, 2.24) is 9.78 Å². The van der Waals surface area contributed by atoms with Gasteiger partial charge in [-0.05, 0) is 24.3 Å². The fourth-order valence-corrected chi connectivity index (χ4v) is 2.59. The Hall–Kier alpha value is -3.55. The number of aliphatic carboxylic acids is 1. The number of fused-ring (bicyclic) bond motifs is 1. The van der Waals surface area contributed by atoms with Gasteiger partial charge in [-0.15, -0.1) is 0 Å². The zero-order chi connectivity index (χ0) is 18.7. The number of halogens is 1. The number of hydrogen-bond donors (Lipinski definition) is 2. The highest BCUT2D eigenvalue weighted by molar-refractivity contribution is 5.91. The van der Waals surface area contributed by atoms with Crippen molar-refractivity contribution in [2.75, 3.05) is 5.32 Å². The molecule has 3 rings (SSSR count). The SMILES string of the molecule is O=C(O)Cc1nn(CC(=O)Nc2cccc(F)c2)c(=O)c2ccccc12. The van der Waals surface area contributed by atoms with Gasteiger partial charge in [0.15, 0.2) is 0 Å². The molecule has 0 saturated heterocycles. The van der Waals surface area contributed by atoms with Crippen molar-refractivity contribution in [3.05, 3.63) is 70.4 Å². The van der Waals surface area contributed by atoms with Gasteiger partial charge in [0, 0.05) is 11.1 Å². The molecule has 0 radical (unpaired) electrons. The van der Waals surface area contributed by atoms with Crippen molar-refractivity contribution in [2.45, 2.75) is 13.0 Å². The molecule has 0 saturated carbocycles. The van der Waals surface area contributed by atoms with Crippen LogP contribution >= 0.6 is 0 Å². The van der Waals surface area contributed by atoms with Crippen LogP contribution in [0.4, 0.5) is 10.1 Å². The molecule has 0 fully saturated rings. The molecule has 2 aromatic carbocycles. The molecular formula is C18H14FN3O4. The fraction of sp³-hybridized carbons (Fsp3) is 0.111. The maximum Gasteiger partial charge on any atom is 0.309 e. The lowest BCUT2D eigenvalue weighted by Gasteiger charge is -2.10. The number of carboxylic acids is 1. The molecule has 2 N–H and O–H groups in total. The van der Waals surface area contributed by atoms with Crippen LogP contribution in [0.3, 0.4) is 0 Å². The van der Waals surface area contributed by atoms with Gasteiger partial charge in [0.1, 0.15) is 12.4 Å². The average Bonchev–Trinajstić information content (AvgIpc) is 2.58. The molecule has 0 spiro atoms. The maximum atomic E-state index is 13.2. The number of carboxylic acid groups (broad SMARTS) is 1. The van der Waals surface area contributed by atoms with Crippen LogP contribution in [-0.2, 0) is 22.6 Å². The highest BCUT2D eigenvalue weighted by Gasteiger charge is 2.15. The Morgan fingerprint density at radius 2 is 1.85 bits per heavy atom. The molecular weight excluding hydrogens is 341 g/mol. The summed E-state index contributed by atoms with van der Waals surface area (Å²) in [5.74, 6) is -2.19. The molecule has 1 amide bonds. The molecule has 0 aliphatic carbocycles. The van der Waals surface area contributed by atoms with Crippen LogP contribution in [0.5, 0.6) is 0 Å². The number of nitrogens with one attached hydrogen (secondary N) is 1. The molecule has 0 unspecified atom stereocenters. The largest absolute Gasteiger partial charge is 0.481 e. The Labute approximate surface area is 146 Å². The number of aromatic nitrogens is 2. The van der Waals surface area contributed by atoms with E-state index in [2.05, 4.69) is 10.4 Å². The lowest BCUT2D eigenvalue weighted by Crippen LogP contribution is -2.31. The maximum absolute atomic E-state index is 13.2. The van der Waals surface area contributed by atoms with Crippen molar-refractivity contribution in [2.24, 2.45) is 0 Å². The van der Waals surface area contributed by atoms with Gasteiger partial charge in [0.05, 0.1) is 17.5 Å². The van der Waals surface area contributed by atoms with Gasteiger partial charge in [0.2, 0.25) is 5.91 Å². The quantitative estimate of drug-likeness (QED) is 0.727. The predicted octanol–water partition coefficient (Wildman–Crippen LogP) is 1.80. The summed E-state index contributed by atoms with van der Waals surface area (Å²) < 4.78 is 14.1. The first kappa shape index (κ1) is 17.3. The van der Waals surface area contributed by atoms with Crippen molar-refractivity contribution < 1.29 is 19.1 Å². The van der Waals surface area contributed by atoms with Crippen LogP contribution in [0.1, 0.15) is 5.69 Å². The van der Waals surface area contributed by atoms with Gasteiger partial charge in [-0.2, -0.15) is 5.10 Å². The molecule has 0 bridgehead atoms. The molecule has 1 heterocycles. The smallest absolute Gasteiger partial charge is 0.309 e. The second-order valence-corrected chi connectivity index (χ2v) is 5.58. The summed E-state index contributed by atoms with van der Waals surface area (Å²) in [6.07, 6.45) is -0.383. The van der Waals surface area contributed by atoms with Crippen LogP contribution in [-0.4, -0.2) is 26.8 Å². The zero-order valence-electron chi connectivity index (χ0n) is 13.5. The summed E-state index contributed by atoms with van der Waals surface area (Å²) in [4.78, 5) is 35.7. The van der Waals surface area contributed by atoms with Crippen LogP contribution in [0.2, 0.25) is 0 Å². The highest BCUT2D eigenvalue weighted by Crippen LogP contribution is 2.14. The van der Waals surface area contributed by atoms with E-state index in [4.69, 9.17) is 5.11 Å². The first-order chi connectivity index (χ1) is 12.4. The van der Waals surface area contributed by atoms with Crippen molar-refractivity contribution >= 4 is 28.3 Å². The molecule has 0 aliphatic rings. The van der Waals surface area contributed by atoms with Gasteiger partial charge in [-0.1, -0.05) is 24.3 Å². The topological polar surface area (TPSA) is 101 Å². The number of benzene rings is 2. The summed E-state index contributed by atoms with van der Waals surface area (Å²) in [7, 11) is 0. The van der Waals surface area contributed by atoms with E-state index in [-0.39, 0.29) is 23.2 Å². The number of carbonyl (C=O) groups is 2. The van der Waals surface area contributed by atoms with E-state index in [1.54, 1.807) is 24.3 Å². The lowest BCUT2D eigenvalue weighted by atomic mass is 10.1. The minimum Gasteiger partial charge on any atom is -0.481 e. The molecule has 0 aliphatic heterocycles. The summed E-state index contributed by atoms with van der Waals surface area (Å²) >= 11 is 0. The monoisotopic (exact) mass is 355 g/mol. The third-order valence-electron chi connectivity index (χ3n) is 3.66. The summed E-state index contributed by atoms with van der Waals surface area (Å²) in [5, 5.41) is 16.3. The zero-order valence-corrected chi connectivity index (χ0v) is 13.5. The molecule has 3 aromatic rings. The number of rotatable bonds is 5. The molecule has 1 aromatic heterocycles. The van der Waals surface area contributed by atoms with Gasteiger partial charge in [-0.3, -0.25) is 14.4 Å². The second-order valence-electron chi connectivity index (χ2n) is 5.58.